The maximum absolute atomic E-state index is 12.5. The van der Waals surface area contributed by atoms with Crippen LogP contribution in [0.1, 0.15) is 10.5 Å². The third kappa shape index (κ3) is 3.30. The third-order valence-electron chi connectivity index (χ3n) is 4.76. The number of alkyl halides is 1. The molecule has 0 aliphatic carbocycles. The van der Waals surface area contributed by atoms with Crippen molar-refractivity contribution in [1.82, 2.24) is 25.4 Å². The van der Waals surface area contributed by atoms with E-state index in [1.165, 1.54) is 0 Å². The zero-order valence-corrected chi connectivity index (χ0v) is 14.3. The number of likely N-dealkylation sites (tertiary alicyclic amines) is 1. The number of fused-ring (bicyclic) bond motifs is 1. The molecule has 0 unspecified atom stereocenters. The molecule has 2 aromatic heterocycles. The molecule has 4 rings (SSSR count). The highest BCUT2D eigenvalue weighted by atomic mass is 19.1. The van der Waals surface area contributed by atoms with E-state index in [1.54, 1.807) is 12.4 Å². The molecule has 3 aromatic rings. The van der Waals surface area contributed by atoms with Gasteiger partial charge in [-0.2, -0.15) is 5.10 Å². The van der Waals surface area contributed by atoms with Crippen LogP contribution in [0.4, 0.5) is 4.39 Å². The minimum atomic E-state index is -0.322. The van der Waals surface area contributed by atoms with E-state index in [0.717, 1.165) is 35.1 Å². The Morgan fingerprint density at radius 3 is 2.96 bits per heavy atom. The molecule has 0 radical (unpaired) electrons. The lowest BCUT2D eigenvalue weighted by Crippen LogP contribution is -2.51. The largest absolute Gasteiger partial charge is 0.350 e. The lowest BCUT2D eigenvalue weighted by atomic mass is 10.0. The summed E-state index contributed by atoms with van der Waals surface area (Å²) in [4.78, 5) is 18.7. The number of carbonyl (C=O) groups is 1. The molecule has 1 aliphatic rings. The van der Waals surface area contributed by atoms with Gasteiger partial charge in [0.15, 0.2) is 5.69 Å². The SMILES string of the molecule is O=C(NCC1CN(CCF)C1)c1n[nH]c2ccc(-c3cccnc3)cc12. The molecule has 26 heavy (non-hydrogen) atoms. The maximum atomic E-state index is 12.5. The third-order valence-corrected chi connectivity index (χ3v) is 4.76. The van der Waals surface area contributed by atoms with Gasteiger partial charge in [-0.25, -0.2) is 4.39 Å². The number of benzene rings is 1. The van der Waals surface area contributed by atoms with Crippen molar-refractivity contribution < 1.29 is 9.18 Å². The number of aromatic amines is 1. The highest BCUT2D eigenvalue weighted by Crippen LogP contribution is 2.25. The Balaban J connectivity index is 1.47. The molecule has 1 saturated heterocycles. The number of hydrogen-bond donors (Lipinski definition) is 2. The summed E-state index contributed by atoms with van der Waals surface area (Å²) in [6, 6.07) is 9.72. The maximum Gasteiger partial charge on any atom is 0.272 e. The Labute approximate surface area is 150 Å². The fourth-order valence-electron chi connectivity index (χ4n) is 3.33. The van der Waals surface area contributed by atoms with Crippen molar-refractivity contribution >= 4 is 16.8 Å². The summed E-state index contributed by atoms with van der Waals surface area (Å²) in [6.45, 7) is 2.40. The Morgan fingerprint density at radius 1 is 1.31 bits per heavy atom. The monoisotopic (exact) mass is 353 g/mol. The molecular formula is C19H20FN5O. The molecule has 0 saturated carbocycles. The first-order valence-corrected chi connectivity index (χ1v) is 8.69. The average Bonchev–Trinajstić information content (AvgIpc) is 3.07. The van der Waals surface area contributed by atoms with Gasteiger partial charge < -0.3 is 5.32 Å². The number of amides is 1. The van der Waals surface area contributed by atoms with Crippen molar-refractivity contribution in [2.75, 3.05) is 32.9 Å². The Bertz CT molecular complexity index is 905. The van der Waals surface area contributed by atoms with Crippen molar-refractivity contribution in [2.45, 2.75) is 0 Å². The molecule has 1 fully saturated rings. The number of nitrogens with one attached hydrogen (secondary N) is 2. The number of H-pyrrole nitrogens is 1. The first-order valence-electron chi connectivity index (χ1n) is 8.69. The van der Waals surface area contributed by atoms with Crippen LogP contribution in [0, 0.1) is 5.92 Å². The normalized spacial score (nSPS) is 15.1. The van der Waals surface area contributed by atoms with Gasteiger partial charge in [0.05, 0.1) is 5.52 Å². The van der Waals surface area contributed by atoms with Gasteiger partial charge in [0, 0.05) is 55.4 Å². The Kier molecular flexibility index (Phi) is 4.62. The molecule has 2 N–H and O–H groups in total. The summed E-state index contributed by atoms with van der Waals surface area (Å²) in [6.07, 6.45) is 3.52. The minimum Gasteiger partial charge on any atom is -0.350 e. The van der Waals surface area contributed by atoms with Gasteiger partial charge in [0.2, 0.25) is 0 Å². The quantitative estimate of drug-likeness (QED) is 0.713. The van der Waals surface area contributed by atoms with Crippen LogP contribution in [-0.2, 0) is 0 Å². The number of rotatable bonds is 6. The molecule has 1 amide bonds. The number of halogens is 1. The van der Waals surface area contributed by atoms with Gasteiger partial charge in [-0.15, -0.1) is 0 Å². The van der Waals surface area contributed by atoms with Gasteiger partial charge in [-0.05, 0) is 23.8 Å². The summed E-state index contributed by atoms with van der Waals surface area (Å²) in [7, 11) is 0. The topological polar surface area (TPSA) is 73.9 Å². The van der Waals surface area contributed by atoms with E-state index in [9.17, 15) is 9.18 Å². The molecule has 6 nitrogen and oxygen atoms in total. The molecule has 0 atom stereocenters. The number of carbonyl (C=O) groups excluding carboxylic acids is 1. The van der Waals surface area contributed by atoms with Crippen molar-refractivity contribution in [1.29, 1.82) is 0 Å². The van der Waals surface area contributed by atoms with E-state index >= 15 is 0 Å². The fourth-order valence-corrected chi connectivity index (χ4v) is 3.33. The number of aromatic nitrogens is 3. The Morgan fingerprint density at radius 2 is 2.19 bits per heavy atom. The van der Waals surface area contributed by atoms with Crippen molar-refractivity contribution in [2.24, 2.45) is 5.92 Å². The standard InChI is InChI=1S/C19H20FN5O/c20-5-7-25-11-13(12-25)9-22-19(26)18-16-8-14(3-4-17(16)23-24-18)15-2-1-6-21-10-15/h1-4,6,8,10,13H,5,7,9,11-12H2,(H,22,26)(H,23,24). The Hall–Kier alpha value is -2.80. The van der Waals surface area contributed by atoms with E-state index in [-0.39, 0.29) is 12.6 Å². The lowest BCUT2D eigenvalue weighted by molar-refractivity contribution is 0.0801. The van der Waals surface area contributed by atoms with Gasteiger partial charge in [0.1, 0.15) is 6.67 Å². The van der Waals surface area contributed by atoms with Crippen LogP contribution >= 0.6 is 0 Å². The zero-order chi connectivity index (χ0) is 17.9. The number of nitrogens with zero attached hydrogens (tertiary/aromatic N) is 3. The van der Waals surface area contributed by atoms with E-state index < -0.39 is 0 Å². The predicted octanol–water partition coefficient (Wildman–Crippen LogP) is 2.26. The summed E-state index contributed by atoms with van der Waals surface area (Å²) < 4.78 is 12.3. The summed E-state index contributed by atoms with van der Waals surface area (Å²) in [5, 5.41) is 10.8. The summed E-state index contributed by atoms with van der Waals surface area (Å²) in [5.74, 6) is 0.185. The van der Waals surface area contributed by atoms with Crippen LogP contribution < -0.4 is 5.32 Å². The van der Waals surface area contributed by atoms with E-state index in [1.807, 2.05) is 35.2 Å². The van der Waals surface area contributed by atoms with Crippen LogP contribution in [0.25, 0.3) is 22.0 Å². The van der Waals surface area contributed by atoms with Crippen LogP contribution in [0.2, 0.25) is 0 Å². The molecule has 1 aromatic carbocycles. The molecule has 0 spiro atoms. The fraction of sp³-hybridized carbons (Fsp3) is 0.316. The van der Waals surface area contributed by atoms with Crippen LogP contribution in [0.5, 0.6) is 0 Å². The summed E-state index contributed by atoms with van der Waals surface area (Å²) >= 11 is 0. The molecular weight excluding hydrogens is 333 g/mol. The predicted molar refractivity (Wildman–Crippen MR) is 97.6 cm³/mol. The highest BCUT2D eigenvalue weighted by molar-refractivity contribution is 6.05. The van der Waals surface area contributed by atoms with Crippen molar-refractivity contribution in [3.05, 3.63) is 48.4 Å². The smallest absolute Gasteiger partial charge is 0.272 e. The van der Waals surface area contributed by atoms with Gasteiger partial charge in [0.25, 0.3) is 5.91 Å². The van der Waals surface area contributed by atoms with Crippen molar-refractivity contribution in [3.63, 3.8) is 0 Å². The zero-order valence-electron chi connectivity index (χ0n) is 14.3. The second kappa shape index (κ2) is 7.21. The van der Waals surface area contributed by atoms with Gasteiger partial charge in [-0.3, -0.25) is 19.8 Å². The van der Waals surface area contributed by atoms with E-state index in [4.69, 9.17) is 0 Å². The second-order valence-electron chi connectivity index (χ2n) is 6.60. The highest BCUT2D eigenvalue weighted by Gasteiger charge is 2.27. The average molecular weight is 353 g/mol. The van der Waals surface area contributed by atoms with Crippen LogP contribution in [0.3, 0.4) is 0 Å². The van der Waals surface area contributed by atoms with E-state index in [0.29, 0.717) is 24.7 Å². The molecule has 134 valence electrons. The first kappa shape index (κ1) is 16.7. The second-order valence-corrected chi connectivity index (χ2v) is 6.60. The van der Waals surface area contributed by atoms with Crippen molar-refractivity contribution in [3.8, 4) is 11.1 Å². The molecule has 1 aliphatic heterocycles. The number of hydrogen-bond acceptors (Lipinski definition) is 4. The van der Waals surface area contributed by atoms with Crippen LogP contribution in [-0.4, -0.2) is 58.8 Å². The minimum absolute atomic E-state index is 0.191. The van der Waals surface area contributed by atoms with Crippen LogP contribution in [0.15, 0.2) is 42.7 Å². The van der Waals surface area contributed by atoms with E-state index in [2.05, 4.69) is 20.5 Å². The summed E-state index contributed by atoms with van der Waals surface area (Å²) in [5.41, 5.74) is 3.19. The number of pyridine rings is 1. The van der Waals surface area contributed by atoms with Gasteiger partial charge >= 0.3 is 0 Å². The molecule has 3 heterocycles. The molecule has 0 bridgehead atoms. The van der Waals surface area contributed by atoms with Gasteiger partial charge in [-0.1, -0.05) is 12.1 Å². The lowest BCUT2D eigenvalue weighted by Gasteiger charge is -2.38. The first-order chi connectivity index (χ1) is 12.7. The molecule has 7 heteroatoms.